The van der Waals surface area contributed by atoms with Crippen molar-refractivity contribution >= 4 is 138 Å². The monoisotopic (exact) mass is 1900 g/mol. The molecule has 666 valence electrons. The van der Waals surface area contributed by atoms with Gasteiger partial charge in [0.15, 0.2) is 0 Å². The Morgan fingerprint density at radius 2 is 0.710 bits per heavy atom. The molecule has 49 heteroatoms. The third-order valence-corrected chi connectivity index (χ3v) is 21.6. The zero-order chi connectivity index (χ0) is 92.1. The molecule has 14 N–H and O–H groups in total. The molecular weight excluding hydrogens is 1820 g/mol. The summed E-state index contributed by atoms with van der Waals surface area (Å²) in [7, 11) is -12.9. The van der Waals surface area contributed by atoms with E-state index in [1.165, 1.54) is 104 Å². The van der Waals surface area contributed by atoms with Crippen molar-refractivity contribution in [2.24, 2.45) is 5.73 Å². The molecule has 0 atom stereocenters. The minimum atomic E-state index is -4.54. The number of carbonyl (C=O) groups is 2. The molecule has 10 heterocycles. The molecule has 0 saturated carbocycles. The number of aryl methyl sites for hydroxylation is 1. The number of aromatic nitrogens is 10. The van der Waals surface area contributed by atoms with Gasteiger partial charge in [-0.25, -0.2) is 73.9 Å². The van der Waals surface area contributed by atoms with E-state index >= 15 is 0 Å². The second-order valence-corrected chi connectivity index (χ2v) is 34.6. The van der Waals surface area contributed by atoms with Crippen LogP contribution in [0, 0.1) is 6.92 Å². The van der Waals surface area contributed by atoms with Gasteiger partial charge in [0.25, 0.3) is 0 Å². The molecule has 0 fully saturated rings. The average molecular weight is 1900 g/mol. The van der Waals surface area contributed by atoms with Crippen molar-refractivity contribution in [3.8, 4) is 22.3 Å². The van der Waals surface area contributed by atoms with Crippen molar-refractivity contribution in [2.45, 2.75) is 105 Å². The molecule has 0 aliphatic rings. The Labute approximate surface area is 708 Å². The van der Waals surface area contributed by atoms with Crippen molar-refractivity contribution in [3.05, 3.63) is 208 Å². The van der Waals surface area contributed by atoms with Crippen LogP contribution >= 0.6 is 27.5 Å². The zero-order valence-corrected chi connectivity index (χ0v) is 70.1. The number of nitrogens with one attached hydrogen (secondary N) is 10. The minimum Gasteiger partial charge on any atom is -0.444 e. The van der Waals surface area contributed by atoms with Gasteiger partial charge in [-0.05, 0) is 191 Å². The van der Waals surface area contributed by atoms with E-state index < -0.39 is 120 Å². The first-order valence-electron chi connectivity index (χ1n) is 35.8. The van der Waals surface area contributed by atoms with Crippen LogP contribution in [0.3, 0.4) is 0 Å². The van der Waals surface area contributed by atoms with Gasteiger partial charge in [-0.2, -0.15) is 65.9 Å². The number of amides is 2. The number of benzene rings is 3. The van der Waals surface area contributed by atoms with Crippen molar-refractivity contribution in [2.75, 3.05) is 39.3 Å². The fourth-order valence-electron chi connectivity index (χ4n) is 10.8. The number of nitrogens with zero attached hydrogens (tertiary/aromatic N) is 5. The molecular formula is C75H74BBrClF15N16O12S3. The number of ether oxygens (including phenoxy) is 2. The van der Waals surface area contributed by atoms with Gasteiger partial charge in [0.05, 0.1) is 19.7 Å². The number of pyridine rings is 5. The van der Waals surface area contributed by atoms with E-state index in [1.807, 2.05) is 0 Å². The van der Waals surface area contributed by atoms with E-state index in [4.69, 9.17) is 36.9 Å². The van der Waals surface area contributed by atoms with E-state index in [0.717, 1.165) is 40.4 Å². The first-order valence-corrected chi connectivity index (χ1v) is 41.4. The van der Waals surface area contributed by atoms with Crippen LogP contribution in [0.4, 0.5) is 75.4 Å². The predicted octanol–water partition coefficient (Wildman–Crippen LogP) is 15.2. The van der Waals surface area contributed by atoms with Crippen LogP contribution in [0.5, 0.6) is 0 Å². The van der Waals surface area contributed by atoms with Crippen LogP contribution in [0.1, 0.15) is 75.6 Å². The number of fused-ring (bicyclic) bond motifs is 5. The Balaban J connectivity index is 0.000000190. The van der Waals surface area contributed by atoms with Crippen LogP contribution in [0.2, 0.25) is 5.02 Å². The van der Waals surface area contributed by atoms with Gasteiger partial charge in [0.1, 0.15) is 67.9 Å². The number of alkyl carbamates (subject to hydrolysis) is 2. The van der Waals surface area contributed by atoms with E-state index in [2.05, 4.69) is 90.6 Å². The predicted molar refractivity (Wildman–Crippen MR) is 433 cm³/mol. The number of carbonyl (C=O) groups excluding carboxylic acids is 2. The molecule has 0 aliphatic carbocycles. The molecule has 0 spiro atoms. The maximum Gasteiger partial charge on any atom is 0.489 e. The molecule has 0 bridgehead atoms. The molecule has 28 nitrogen and oxygen atoms in total. The lowest BCUT2D eigenvalue weighted by Crippen LogP contribution is -2.37. The number of hydrogen-bond donors (Lipinski definition) is 13. The van der Waals surface area contributed by atoms with Gasteiger partial charge in [0.2, 0.25) is 30.1 Å². The van der Waals surface area contributed by atoms with Crippen LogP contribution in [-0.2, 0) is 70.4 Å². The van der Waals surface area contributed by atoms with Crippen LogP contribution in [-0.4, -0.2) is 155 Å². The summed E-state index contributed by atoms with van der Waals surface area (Å²) in [6.45, 7) is 12.6. The van der Waals surface area contributed by atoms with Gasteiger partial charge in [-0.1, -0.05) is 51.8 Å². The van der Waals surface area contributed by atoms with Gasteiger partial charge < -0.3 is 60.8 Å². The molecule has 3 aromatic carbocycles. The lowest BCUT2D eigenvalue weighted by molar-refractivity contribution is -0.141. The number of H-pyrrole nitrogens is 5. The molecule has 13 aromatic rings. The fraction of sp³-hybridized carbons (Fsp3) is 0.267. The average Bonchev–Trinajstić information content (AvgIpc) is 1.63. The van der Waals surface area contributed by atoms with Crippen molar-refractivity contribution in [1.82, 2.24) is 74.6 Å². The van der Waals surface area contributed by atoms with Gasteiger partial charge in [-0.3, -0.25) is 0 Å². The molecule has 124 heavy (non-hydrogen) atoms. The lowest BCUT2D eigenvalue weighted by atomic mass is 9.79. The first-order chi connectivity index (χ1) is 57.4. The Kier molecular flexibility index (Phi) is 31.7. The van der Waals surface area contributed by atoms with Crippen LogP contribution < -0.4 is 36.0 Å². The maximum atomic E-state index is 13.0. The van der Waals surface area contributed by atoms with Crippen LogP contribution in [0.15, 0.2) is 184 Å². The molecule has 0 radical (unpaired) electrons. The quantitative estimate of drug-likeness (QED) is 0.0229. The second kappa shape index (κ2) is 39.9. The third-order valence-electron chi connectivity index (χ3n) is 16.3. The maximum absolute atomic E-state index is 13.0. The summed E-state index contributed by atoms with van der Waals surface area (Å²) >= 11 is 8.93. The molecule has 13 rings (SSSR count). The minimum absolute atomic E-state index is 0.0169. The zero-order valence-electron chi connectivity index (χ0n) is 65.3. The number of sulfonamides is 3. The van der Waals surface area contributed by atoms with Crippen molar-refractivity contribution < 1.29 is 120 Å². The van der Waals surface area contributed by atoms with E-state index in [-0.39, 0.29) is 109 Å². The highest BCUT2D eigenvalue weighted by atomic mass is 79.9. The Bertz CT molecular complexity index is 6140. The summed E-state index contributed by atoms with van der Waals surface area (Å²) in [5.41, 5.74) is 3.09. The number of alkyl halides is 15. The second-order valence-electron chi connectivity index (χ2n) is 28.0. The number of aromatic amines is 5. The smallest absolute Gasteiger partial charge is 0.444 e. The fourth-order valence-corrected chi connectivity index (χ4v) is 14.3. The highest BCUT2D eigenvalue weighted by molar-refractivity contribution is 9.10. The van der Waals surface area contributed by atoms with E-state index in [1.54, 1.807) is 78.8 Å². The van der Waals surface area contributed by atoms with Crippen molar-refractivity contribution in [3.63, 3.8) is 0 Å². The normalized spacial score (nSPS) is 12.4. The topological polar surface area (TPSA) is 425 Å². The molecule has 2 amide bonds. The lowest BCUT2D eigenvalue weighted by Gasteiger charge is -2.19. The number of hydrogen-bond acceptors (Lipinski definition) is 18. The summed E-state index contributed by atoms with van der Waals surface area (Å²) in [6, 6.07) is 30.1. The highest BCUT2D eigenvalue weighted by Crippen LogP contribution is 2.39. The van der Waals surface area contributed by atoms with Crippen LogP contribution in [0.25, 0.3) is 77.4 Å². The molecule has 0 aliphatic heterocycles. The summed E-state index contributed by atoms with van der Waals surface area (Å²) in [5.74, 6) is 0. The number of rotatable bonds is 17. The SMILES string of the molecule is CC(C)(C)OC(=O)NCCNS(=O)(=O)c1ccc(-c2ccnc3[nH]c(C(F)(F)F)cc23)cc1.CC(C)(C)OC(=O)NCCNS(=O)(=O)c1ccc(Br)cc1.Cc1ccnc2[nH]c(C(F)(F)F)cc12.FC(F)(F)c1cc2c(Cl)ccnc2[nH]1.NCCNS(=O)(=O)c1ccc(-c2ccnc3[nH]c(C(F)(F)F)cc23)cc1.OB(O)c1ccnc2[nH]c(C(F)(F)F)cc12. The molecule has 10 aromatic heterocycles. The van der Waals surface area contributed by atoms with E-state index in [9.17, 15) is 101 Å². The third kappa shape index (κ3) is 27.8. The Morgan fingerprint density at radius 3 is 1.04 bits per heavy atom. The summed E-state index contributed by atoms with van der Waals surface area (Å²) < 4.78 is 280. The van der Waals surface area contributed by atoms with Gasteiger partial charge in [0, 0.05) is 102 Å². The summed E-state index contributed by atoms with van der Waals surface area (Å²) in [6.07, 6.45) is -16.7. The van der Waals surface area contributed by atoms with Crippen molar-refractivity contribution in [1.29, 1.82) is 0 Å². The standard InChI is InChI=1S/C21H23F3N4O4S.C16H15F3N4O2S.C13H19BrN2O4S.C9H7F3N2.C8H6BF3N2O2.C8H4ClF3N2/c1-20(2,3)32-19(29)26-10-11-27-33(30,31)14-6-4-13(5-7-14)15-8-9-25-18-16(15)12-17(28-18)21(22,23)24;17-16(18,19)14-9-13-12(5-7-21-15(13)23-14)10-1-3-11(4-2-10)26(24,25)22-8-6-20;1-13(2,3)20-12(17)15-8-9-16-21(18,19)11-6-4-10(14)5-7-11;1-5-2-3-13-8-6(5)4-7(14-8)9(10,11)12;10-8(11,12)6-3-4-5(9(15)16)1-2-13-7(4)14-6;9-5-1-2-13-7-4(5)3-6(14-7)8(10,11)12/h4-9,12,27H,10-11H2,1-3H3,(H,25,28)(H,26,29);1-5,7,9,22H,6,8,20H2,(H,21,23);4-7,16H,8-9H2,1-3H3,(H,15,17);2-4H,1H3,(H,13,14);1-3,15-16H,(H,13,14);1-3H,(H,13,14). The molecule has 0 unspecified atom stereocenters. The van der Waals surface area contributed by atoms with E-state index in [0.29, 0.717) is 33.0 Å². The first kappa shape index (κ1) is 98.5. The number of nitrogens with two attached hydrogens (primary N) is 1. The summed E-state index contributed by atoms with van der Waals surface area (Å²) in [5, 5.41) is 24.5. The highest BCUT2D eigenvalue weighted by Gasteiger charge is 2.38. The van der Waals surface area contributed by atoms with Gasteiger partial charge in [-0.15, -0.1) is 0 Å². The largest absolute Gasteiger partial charge is 0.489 e. The number of halogens is 17. The molecule has 0 saturated heterocycles. The van der Waals surface area contributed by atoms with Gasteiger partial charge >= 0.3 is 50.2 Å². The summed E-state index contributed by atoms with van der Waals surface area (Å²) in [4.78, 5) is 53.2. The Morgan fingerprint density at radius 1 is 0.419 bits per heavy atom. The Hall–Kier alpha value is -11.0.